The molecule has 132 valence electrons. The third kappa shape index (κ3) is 4.05. The van der Waals surface area contributed by atoms with Gasteiger partial charge in [0.25, 0.3) is 0 Å². The molecule has 1 N–H and O–H groups in total. The van der Waals surface area contributed by atoms with Crippen molar-refractivity contribution in [1.29, 1.82) is 0 Å². The normalized spacial score (nSPS) is 15.1. The number of hydrogen-bond acceptors (Lipinski definition) is 2. The van der Waals surface area contributed by atoms with Crippen LogP contribution in [0.2, 0.25) is 0 Å². The number of nitrogens with zero attached hydrogens (tertiary/aromatic N) is 3. The minimum Gasteiger partial charge on any atom is -0.497 e. The molecule has 0 bridgehead atoms. The molecular weight excluding hydrogens is 312 g/mol. The number of aliphatic imine (C=N–C) groups is 1. The first-order valence-corrected chi connectivity index (χ1v) is 8.60. The van der Waals surface area contributed by atoms with E-state index in [4.69, 9.17) is 4.74 Å². The Kier molecular flexibility index (Phi) is 5.43. The average Bonchev–Trinajstić information content (AvgIpc) is 3.08. The Balaban J connectivity index is 1.63. The smallest absolute Gasteiger partial charge is 0.194 e. The van der Waals surface area contributed by atoms with E-state index in [1.54, 1.807) is 7.11 Å². The van der Waals surface area contributed by atoms with E-state index in [1.807, 2.05) is 19.2 Å². The SMILES string of the molecule is CN=C(NCc1cccn1C)N1CC=C(c2cccc(OC)c2)CC1. The molecule has 0 saturated carbocycles. The highest BCUT2D eigenvalue weighted by Crippen LogP contribution is 2.25. The average molecular weight is 338 g/mol. The Labute approximate surface area is 149 Å². The van der Waals surface area contributed by atoms with Crippen LogP contribution in [0.5, 0.6) is 5.75 Å². The lowest BCUT2D eigenvalue weighted by Gasteiger charge is -2.30. The summed E-state index contributed by atoms with van der Waals surface area (Å²) in [6.45, 7) is 2.59. The van der Waals surface area contributed by atoms with Crippen molar-refractivity contribution in [2.45, 2.75) is 13.0 Å². The third-order valence-electron chi connectivity index (χ3n) is 4.64. The van der Waals surface area contributed by atoms with Crippen molar-refractivity contribution in [3.05, 3.63) is 59.9 Å². The van der Waals surface area contributed by atoms with Gasteiger partial charge in [-0.1, -0.05) is 18.2 Å². The number of nitrogens with one attached hydrogen (secondary N) is 1. The first-order chi connectivity index (χ1) is 12.2. The van der Waals surface area contributed by atoms with Gasteiger partial charge in [0.1, 0.15) is 5.75 Å². The van der Waals surface area contributed by atoms with Crippen LogP contribution in [0.3, 0.4) is 0 Å². The summed E-state index contributed by atoms with van der Waals surface area (Å²) in [5.41, 5.74) is 3.85. The van der Waals surface area contributed by atoms with Crippen LogP contribution in [0.15, 0.2) is 53.7 Å². The van der Waals surface area contributed by atoms with Gasteiger partial charge in [-0.05, 0) is 41.8 Å². The Morgan fingerprint density at radius 3 is 2.80 bits per heavy atom. The van der Waals surface area contributed by atoms with E-state index in [0.29, 0.717) is 0 Å². The molecule has 5 nitrogen and oxygen atoms in total. The molecule has 5 heteroatoms. The molecule has 2 heterocycles. The van der Waals surface area contributed by atoms with Crippen molar-refractivity contribution in [3.63, 3.8) is 0 Å². The van der Waals surface area contributed by atoms with Crippen LogP contribution in [0.1, 0.15) is 17.7 Å². The Bertz CT molecular complexity index is 776. The minimum absolute atomic E-state index is 0.777. The Morgan fingerprint density at radius 2 is 2.16 bits per heavy atom. The van der Waals surface area contributed by atoms with Crippen molar-refractivity contribution in [3.8, 4) is 5.75 Å². The molecule has 0 spiro atoms. The van der Waals surface area contributed by atoms with Crippen molar-refractivity contribution >= 4 is 11.5 Å². The van der Waals surface area contributed by atoms with Crippen LogP contribution in [-0.4, -0.2) is 42.7 Å². The van der Waals surface area contributed by atoms with Gasteiger partial charge >= 0.3 is 0 Å². The van der Waals surface area contributed by atoms with Crippen molar-refractivity contribution in [2.75, 3.05) is 27.2 Å². The van der Waals surface area contributed by atoms with E-state index >= 15 is 0 Å². The van der Waals surface area contributed by atoms with Gasteiger partial charge in [-0.2, -0.15) is 0 Å². The summed E-state index contributed by atoms with van der Waals surface area (Å²) < 4.78 is 7.45. The molecule has 0 atom stereocenters. The highest BCUT2D eigenvalue weighted by Gasteiger charge is 2.16. The lowest BCUT2D eigenvalue weighted by atomic mass is 9.99. The van der Waals surface area contributed by atoms with Gasteiger partial charge in [0.15, 0.2) is 5.96 Å². The lowest BCUT2D eigenvalue weighted by molar-refractivity contribution is 0.414. The number of aryl methyl sites for hydroxylation is 1. The summed E-state index contributed by atoms with van der Waals surface area (Å²) >= 11 is 0. The minimum atomic E-state index is 0.777. The zero-order valence-corrected chi connectivity index (χ0v) is 15.2. The second kappa shape index (κ2) is 7.92. The molecule has 0 aliphatic carbocycles. The molecule has 25 heavy (non-hydrogen) atoms. The maximum Gasteiger partial charge on any atom is 0.194 e. The monoisotopic (exact) mass is 338 g/mol. The van der Waals surface area contributed by atoms with E-state index in [0.717, 1.165) is 37.8 Å². The Hall–Kier alpha value is -2.69. The zero-order chi connectivity index (χ0) is 17.6. The molecule has 1 aliphatic rings. The quantitative estimate of drug-likeness (QED) is 0.688. The number of hydrogen-bond donors (Lipinski definition) is 1. The second-order valence-electron chi connectivity index (χ2n) is 6.17. The van der Waals surface area contributed by atoms with Crippen LogP contribution < -0.4 is 10.1 Å². The highest BCUT2D eigenvalue weighted by molar-refractivity contribution is 5.81. The number of benzene rings is 1. The Morgan fingerprint density at radius 1 is 1.28 bits per heavy atom. The predicted molar refractivity (Wildman–Crippen MR) is 103 cm³/mol. The fourth-order valence-electron chi connectivity index (χ4n) is 3.13. The van der Waals surface area contributed by atoms with Gasteiger partial charge in [0.05, 0.1) is 13.7 Å². The molecular formula is C20H26N4O. The zero-order valence-electron chi connectivity index (χ0n) is 15.2. The second-order valence-corrected chi connectivity index (χ2v) is 6.17. The fraction of sp³-hybridized carbons (Fsp3) is 0.350. The molecule has 1 aromatic carbocycles. The number of rotatable bonds is 4. The van der Waals surface area contributed by atoms with Gasteiger partial charge in [-0.3, -0.25) is 4.99 Å². The van der Waals surface area contributed by atoms with Crippen molar-refractivity contribution in [1.82, 2.24) is 14.8 Å². The standard InChI is InChI=1S/C20H26N4O/c1-21-20(22-15-18-7-5-11-23(18)2)24-12-9-16(10-13-24)17-6-4-8-19(14-17)25-3/h4-9,11,14H,10,12-13,15H2,1-3H3,(H,21,22). The number of methoxy groups -OCH3 is 1. The molecule has 2 aromatic rings. The molecule has 0 fully saturated rings. The third-order valence-corrected chi connectivity index (χ3v) is 4.64. The summed E-state index contributed by atoms with van der Waals surface area (Å²) in [5.74, 6) is 1.85. The van der Waals surface area contributed by atoms with E-state index in [1.165, 1.54) is 16.8 Å². The molecule has 0 amide bonds. The van der Waals surface area contributed by atoms with Crippen LogP contribution in [0, 0.1) is 0 Å². The van der Waals surface area contributed by atoms with Crippen LogP contribution >= 0.6 is 0 Å². The topological polar surface area (TPSA) is 41.8 Å². The van der Waals surface area contributed by atoms with E-state index in [9.17, 15) is 0 Å². The summed E-state index contributed by atoms with van der Waals surface area (Å²) in [6.07, 6.45) is 5.34. The van der Waals surface area contributed by atoms with Gasteiger partial charge in [0, 0.05) is 39.1 Å². The molecule has 1 aromatic heterocycles. The van der Waals surface area contributed by atoms with E-state index in [-0.39, 0.29) is 0 Å². The maximum atomic E-state index is 5.33. The molecule has 0 radical (unpaired) electrons. The maximum absolute atomic E-state index is 5.33. The van der Waals surface area contributed by atoms with Gasteiger partial charge in [0.2, 0.25) is 0 Å². The number of aromatic nitrogens is 1. The van der Waals surface area contributed by atoms with Gasteiger partial charge < -0.3 is 19.5 Å². The van der Waals surface area contributed by atoms with E-state index in [2.05, 4.69) is 63.4 Å². The predicted octanol–water partition coefficient (Wildman–Crippen LogP) is 2.90. The summed E-state index contributed by atoms with van der Waals surface area (Å²) in [6, 6.07) is 12.5. The van der Waals surface area contributed by atoms with Crippen molar-refractivity contribution in [2.24, 2.45) is 12.0 Å². The number of ether oxygens (including phenoxy) is 1. The first-order valence-electron chi connectivity index (χ1n) is 8.60. The molecule has 3 rings (SSSR count). The molecule has 0 unspecified atom stereocenters. The van der Waals surface area contributed by atoms with Crippen LogP contribution in [0.4, 0.5) is 0 Å². The van der Waals surface area contributed by atoms with Crippen molar-refractivity contribution < 1.29 is 4.74 Å². The fourth-order valence-corrected chi connectivity index (χ4v) is 3.13. The summed E-state index contributed by atoms with van der Waals surface area (Å²) in [4.78, 5) is 6.72. The summed E-state index contributed by atoms with van der Waals surface area (Å²) in [5, 5.41) is 3.46. The van der Waals surface area contributed by atoms with E-state index < -0.39 is 0 Å². The lowest BCUT2D eigenvalue weighted by Crippen LogP contribution is -2.43. The first kappa shape index (κ1) is 17.1. The van der Waals surface area contributed by atoms with Gasteiger partial charge in [-0.15, -0.1) is 0 Å². The van der Waals surface area contributed by atoms with Gasteiger partial charge in [-0.25, -0.2) is 0 Å². The summed E-state index contributed by atoms with van der Waals surface area (Å²) in [7, 11) is 5.61. The van der Waals surface area contributed by atoms with Crippen LogP contribution in [0.25, 0.3) is 5.57 Å². The largest absolute Gasteiger partial charge is 0.497 e. The van der Waals surface area contributed by atoms with Crippen LogP contribution in [-0.2, 0) is 13.6 Å². The highest BCUT2D eigenvalue weighted by atomic mass is 16.5. The molecule has 1 aliphatic heterocycles. The number of guanidine groups is 1. The molecule has 0 saturated heterocycles.